The maximum atomic E-state index is 11.9. The molecular formula is C19H34O2Si. The van der Waals surface area contributed by atoms with Crippen molar-refractivity contribution in [3.63, 3.8) is 0 Å². The zero-order valence-electron chi connectivity index (χ0n) is 14.4. The second kappa shape index (κ2) is 7.50. The molecule has 3 saturated carbocycles. The predicted octanol–water partition coefficient (Wildman–Crippen LogP) is 4.15. The van der Waals surface area contributed by atoms with Crippen LogP contribution in [0.5, 0.6) is 0 Å². The summed E-state index contributed by atoms with van der Waals surface area (Å²) in [6.07, 6.45) is 19.0. The van der Waals surface area contributed by atoms with Gasteiger partial charge < -0.3 is 4.43 Å². The first-order valence-electron chi connectivity index (χ1n) is 9.84. The Morgan fingerprint density at radius 2 is 1.18 bits per heavy atom. The van der Waals surface area contributed by atoms with Crippen LogP contribution >= 0.6 is 0 Å². The average Bonchev–Trinajstić information content (AvgIpc) is 3.29. The van der Waals surface area contributed by atoms with Crippen LogP contribution in [0.2, 0.25) is 0 Å². The van der Waals surface area contributed by atoms with Crippen molar-refractivity contribution < 1.29 is 9.22 Å². The molecule has 0 N–H and O–H groups in total. The normalized spacial score (nSPS) is 25.3. The van der Waals surface area contributed by atoms with Gasteiger partial charge in [0.2, 0.25) is 10.5 Å². The molecule has 0 spiro atoms. The van der Waals surface area contributed by atoms with Gasteiger partial charge in [-0.3, -0.25) is 4.79 Å². The quantitative estimate of drug-likeness (QED) is 0.687. The summed E-state index contributed by atoms with van der Waals surface area (Å²) in [5, 5.41) is 0. The molecule has 3 aliphatic rings. The van der Waals surface area contributed by atoms with E-state index in [2.05, 4.69) is 0 Å². The molecule has 3 rings (SSSR count). The molecule has 0 heterocycles. The van der Waals surface area contributed by atoms with Gasteiger partial charge in [0.25, 0.3) is 5.97 Å². The van der Waals surface area contributed by atoms with Gasteiger partial charge in [0.15, 0.2) is 0 Å². The lowest BCUT2D eigenvalue weighted by Gasteiger charge is -2.49. The summed E-state index contributed by atoms with van der Waals surface area (Å²) in [5.41, 5.74) is 0.485. The molecule has 0 unspecified atom stereocenters. The van der Waals surface area contributed by atoms with Crippen molar-refractivity contribution in [2.45, 2.75) is 89.9 Å². The molecule has 0 aromatic rings. The number of hydrogen-bond acceptors (Lipinski definition) is 2. The van der Waals surface area contributed by atoms with Gasteiger partial charge in [0.1, 0.15) is 0 Å². The summed E-state index contributed by atoms with van der Waals surface area (Å²) in [5.74, 6) is 2.78. The lowest BCUT2D eigenvalue weighted by atomic mass is 9.55. The van der Waals surface area contributed by atoms with Crippen molar-refractivity contribution in [2.75, 3.05) is 0 Å². The van der Waals surface area contributed by atoms with Gasteiger partial charge in [-0.25, -0.2) is 0 Å². The average molecular weight is 323 g/mol. The smallest absolute Gasteiger partial charge is 0.291 e. The summed E-state index contributed by atoms with van der Waals surface area (Å²) in [4.78, 5) is 11.9. The maximum Gasteiger partial charge on any atom is 0.291 e. The van der Waals surface area contributed by atoms with Crippen LogP contribution in [-0.4, -0.2) is 16.5 Å². The van der Waals surface area contributed by atoms with E-state index in [1.165, 1.54) is 77.0 Å². The Labute approximate surface area is 139 Å². The van der Waals surface area contributed by atoms with Crippen LogP contribution < -0.4 is 0 Å². The minimum absolute atomic E-state index is 0.0741. The fourth-order valence-electron chi connectivity index (χ4n) is 6.42. The van der Waals surface area contributed by atoms with Gasteiger partial charge in [-0.05, 0) is 68.1 Å². The van der Waals surface area contributed by atoms with Crippen LogP contribution in [0, 0.1) is 23.2 Å². The lowest BCUT2D eigenvalue weighted by molar-refractivity contribution is -0.136. The molecule has 0 amide bonds. The molecule has 0 atom stereocenters. The van der Waals surface area contributed by atoms with E-state index >= 15 is 0 Å². The number of carbonyl (C=O) groups excluding carboxylic acids is 1. The van der Waals surface area contributed by atoms with Crippen LogP contribution in [0.4, 0.5) is 0 Å². The summed E-state index contributed by atoms with van der Waals surface area (Å²) < 4.78 is 5.13. The number of rotatable bonds is 6. The Morgan fingerprint density at radius 1 is 0.818 bits per heavy atom. The van der Waals surface area contributed by atoms with Crippen LogP contribution in [0.15, 0.2) is 0 Å². The van der Waals surface area contributed by atoms with Crippen molar-refractivity contribution in [2.24, 2.45) is 23.2 Å². The third kappa shape index (κ3) is 3.15. The second-order valence-corrected chi connectivity index (χ2v) is 8.54. The molecule has 3 fully saturated rings. The highest BCUT2D eigenvalue weighted by Gasteiger charge is 2.51. The van der Waals surface area contributed by atoms with Gasteiger partial charge in [-0.15, -0.1) is 0 Å². The second-order valence-electron chi connectivity index (χ2n) is 8.13. The van der Waals surface area contributed by atoms with Crippen molar-refractivity contribution >= 4 is 16.5 Å². The van der Waals surface area contributed by atoms with Crippen LogP contribution in [0.3, 0.4) is 0 Å². The summed E-state index contributed by atoms with van der Waals surface area (Å²) in [7, 11) is 0.556. The highest BCUT2D eigenvalue weighted by Crippen LogP contribution is 2.60. The highest BCUT2D eigenvalue weighted by atomic mass is 28.2. The Kier molecular flexibility index (Phi) is 5.64. The van der Waals surface area contributed by atoms with E-state index in [0.717, 1.165) is 24.2 Å². The van der Waals surface area contributed by atoms with Crippen LogP contribution in [-0.2, 0) is 9.22 Å². The molecule has 0 aliphatic heterocycles. The van der Waals surface area contributed by atoms with Gasteiger partial charge in [-0.2, -0.15) is 0 Å². The zero-order chi connectivity index (χ0) is 15.4. The summed E-state index contributed by atoms with van der Waals surface area (Å²) in [6.45, 7) is 0. The molecule has 0 radical (unpaired) electrons. The van der Waals surface area contributed by atoms with Gasteiger partial charge in [0, 0.05) is 6.42 Å². The molecule has 0 aromatic carbocycles. The first kappa shape index (κ1) is 16.5. The van der Waals surface area contributed by atoms with E-state index in [-0.39, 0.29) is 5.97 Å². The molecule has 0 saturated heterocycles. The van der Waals surface area contributed by atoms with E-state index in [1.54, 1.807) is 0 Å². The summed E-state index contributed by atoms with van der Waals surface area (Å²) in [6, 6.07) is 0. The monoisotopic (exact) mass is 322 g/mol. The van der Waals surface area contributed by atoms with Gasteiger partial charge in [-0.1, -0.05) is 38.5 Å². The zero-order valence-corrected chi connectivity index (χ0v) is 16.4. The minimum atomic E-state index is 0.0741. The van der Waals surface area contributed by atoms with E-state index in [0.29, 0.717) is 22.3 Å². The van der Waals surface area contributed by atoms with E-state index < -0.39 is 0 Å². The molecular weight excluding hydrogens is 288 g/mol. The first-order valence-corrected chi connectivity index (χ1v) is 10.7. The lowest BCUT2D eigenvalue weighted by Crippen LogP contribution is -2.42. The van der Waals surface area contributed by atoms with Crippen LogP contribution in [0.1, 0.15) is 89.9 Å². The Hall–Kier alpha value is -0.313. The van der Waals surface area contributed by atoms with Crippen molar-refractivity contribution in [3.8, 4) is 0 Å². The van der Waals surface area contributed by atoms with Crippen molar-refractivity contribution in [1.82, 2.24) is 0 Å². The van der Waals surface area contributed by atoms with Gasteiger partial charge in [0.05, 0.1) is 0 Å². The fraction of sp³-hybridized carbons (Fsp3) is 0.947. The number of hydrogen-bond donors (Lipinski definition) is 0. The summed E-state index contributed by atoms with van der Waals surface area (Å²) >= 11 is 0. The van der Waals surface area contributed by atoms with Crippen molar-refractivity contribution in [1.29, 1.82) is 0 Å². The Bertz CT molecular complexity index is 323. The number of carbonyl (C=O) groups is 1. The van der Waals surface area contributed by atoms with E-state index in [9.17, 15) is 4.79 Å². The SMILES string of the molecule is O=C(CCC(C1CCCC1)(C1CCCC1)C1CCCC1)O[SiH3]. The molecule has 0 bridgehead atoms. The highest BCUT2D eigenvalue weighted by molar-refractivity contribution is 6.05. The standard InChI is InChI=1S/C19H34O2Si/c20-18(21-22)13-14-19(15-7-1-2-8-15,16-9-3-4-10-16)17-11-5-6-12-17/h15-17H,1-14H2,22H3. The Morgan fingerprint density at radius 3 is 1.50 bits per heavy atom. The van der Waals surface area contributed by atoms with Crippen LogP contribution in [0.25, 0.3) is 0 Å². The fourth-order valence-corrected chi connectivity index (χ4v) is 6.63. The molecule has 0 aromatic heterocycles. The van der Waals surface area contributed by atoms with Gasteiger partial charge >= 0.3 is 0 Å². The Balaban J connectivity index is 1.86. The topological polar surface area (TPSA) is 26.3 Å². The molecule has 2 nitrogen and oxygen atoms in total. The largest absolute Gasteiger partial charge is 0.529 e. The van der Waals surface area contributed by atoms with E-state index in [1.807, 2.05) is 0 Å². The minimum Gasteiger partial charge on any atom is -0.529 e. The molecule has 126 valence electrons. The molecule has 3 heteroatoms. The maximum absolute atomic E-state index is 11.9. The third-order valence-electron chi connectivity index (χ3n) is 7.34. The molecule has 22 heavy (non-hydrogen) atoms. The third-order valence-corrected chi connectivity index (χ3v) is 7.79. The predicted molar refractivity (Wildman–Crippen MR) is 93.6 cm³/mol. The van der Waals surface area contributed by atoms with Crippen molar-refractivity contribution in [3.05, 3.63) is 0 Å². The molecule has 3 aliphatic carbocycles. The van der Waals surface area contributed by atoms with E-state index in [4.69, 9.17) is 4.43 Å². The first-order chi connectivity index (χ1) is 10.8.